The molecule has 6 aromatic rings. The maximum Gasteiger partial charge on any atom is 0.278 e. The third-order valence-corrected chi connectivity index (χ3v) is 10.5. The first-order valence-corrected chi connectivity index (χ1v) is 20.2. The number of aromatic nitrogens is 9. The van der Waals surface area contributed by atoms with Crippen molar-refractivity contribution in [3.05, 3.63) is 70.5 Å². The lowest BCUT2D eigenvalue weighted by molar-refractivity contribution is 0.0358. The standard InChI is InChI=1S/C40H50N16O6/c1-5-55-32(29(41)22(3)50-55)37(59)48-39-46-26-18-24(34(43)57)20-28(62-15-9-10-52-13-16-61-17-14-52)31(26)53(39)11-7-8-12-54-36-27(19-25(21-45-36)35(44)58)47-40(54)49-38(60)33-30(42)23(4)51-56(33)6-2/h7-8,18-21H,5-6,9-17,41-42H2,1-4H3,(H2,43,57)(H2,44,58)(H,46,48,59)(H,47,49,60)/b8-7+. The molecule has 22 nitrogen and oxygen atoms in total. The number of pyridine rings is 1. The van der Waals surface area contributed by atoms with Crippen LogP contribution in [0.25, 0.3) is 22.2 Å². The zero-order chi connectivity index (χ0) is 44.2. The van der Waals surface area contributed by atoms with Crippen LogP contribution in [0, 0.1) is 13.8 Å². The molecule has 1 fully saturated rings. The summed E-state index contributed by atoms with van der Waals surface area (Å²) in [7, 11) is 0. The van der Waals surface area contributed by atoms with Gasteiger partial charge in [0.1, 0.15) is 28.2 Å². The van der Waals surface area contributed by atoms with Crippen LogP contribution < -0.4 is 38.3 Å². The summed E-state index contributed by atoms with van der Waals surface area (Å²) >= 11 is 0. The molecular formula is C40H50N16O6. The fourth-order valence-corrected chi connectivity index (χ4v) is 7.27. The fraction of sp³-hybridized carbons (Fsp3) is 0.375. The number of carbonyl (C=O) groups is 4. The normalized spacial score (nSPS) is 13.4. The van der Waals surface area contributed by atoms with Gasteiger partial charge in [-0.3, -0.25) is 48.6 Å². The van der Waals surface area contributed by atoms with Gasteiger partial charge in [-0.2, -0.15) is 10.2 Å². The number of ether oxygens (including phenoxy) is 2. The molecule has 1 aromatic carbocycles. The summed E-state index contributed by atoms with van der Waals surface area (Å²) in [6.07, 6.45) is 5.65. The van der Waals surface area contributed by atoms with Crippen molar-refractivity contribution < 1.29 is 28.7 Å². The Hall–Kier alpha value is -7.33. The van der Waals surface area contributed by atoms with Gasteiger partial charge in [-0.1, -0.05) is 12.2 Å². The fourth-order valence-electron chi connectivity index (χ4n) is 7.27. The van der Waals surface area contributed by atoms with Gasteiger partial charge in [0.15, 0.2) is 5.65 Å². The number of primary amides is 2. The molecule has 10 N–H and O–H groups in total. The Labute approximate surface area is 355 Å². The van der Waals surface area contributed by atoms with E-state index >= 15 is 0 Å². The van der Waals surface area contributed by atoms with Crippen LogP contribution in [0.2, 0.25) is 0 Å². The largest absolute Gasteiger partial charge is 0.491 e. The van der Waals surface area contributed by atoms with E-state index in [2.05, 4.69) is 35.7 Å². The number of nitrogens with one attached hydrogen (secondary N) is 2. The van der Waals surface area contributed by atoms with Crippen LogP contribution in [0.4, 0.5) is 23.3 Å². The predicted octanol–water partition coefficient (Wildman–Crippen LogP) is 2.05. The molecule has 0 atom stereocenters. The molecule has 0 unspecified atom stereocenters. The van der Waals surface area contributed by atoms with Crippen molar-refractivity contribution in [2.24, 2.45) is 11.5 Å². The summed E-state index contributed by atoms with van der Waals surface area (Å²) in [6, 6.07) is 4.60. The number of anilines is 4. The van der Waals surface area contributed by atoms with Gasteiger partial charge >= 0.3 is 0 Å². The Morgan fingerprint density at radius 3 is 1.92 bits per heavy atom. The number of morpholine rings is 1. The first-order chi connectivity index (χ1) is 29.8. The van der Waals surface area contributed by atoms with Gasteiger partial charge in [0.25, 0.3) is 11.8 Å². The van der Waals surface area contributed by atoms with Crippen LogP contribution in [-0.4, -0.2) is 112 Å². The molecule has 4 amide bonds. The Kier molecular flexibility index (Phi) is 12.5. The van der Waals surface area contributed by atoms with E-state index in [4.69, 9.17) is 37.4 Å². The molecule has 5 aromatic heterocycles. The highest BCUT2D eigenvalue weighted by molar-refractivity contribution is 6.08. The van der Waals surface area contributed by atoms with Gasteiger partial charge in [0.05, 0.1) is 53.7 Å². The topological polar surface area (TPSA) is 302 Å². The summed E-state index contributed by atoms with van der Waals surface area (Å²) < 4.78 is 18.2. The number of imidazole rings is 2. The van der Waals surface area contributed by atoms with Gasteiger partial charge in [-0.05, 0) is 52.3 Å². The van der Waals surface area contributed by atoms with Crippen molar-refractivity contribution in [2.45, 2.75) is 60.3 Å². The molecule has 7 rings (SSSR count). The first-order valence-electron chi connectivity index (χ1n) is 20.2. The smallest absolute Gasteiger partial charge is 0.278 e. The summed E-state index contributed by atoms with van der Waals surface area (Å²) in [4.78, 5) is 68.2. The van der Waals surface area contributed by atoms with E-state index in [1.807, 2.05) is 19.9 Å². The number of hydrogen-bond acceptors (Lipinski definition) is 14. The van der Waals surface area contributed by atoms with E-state index < -0.39 is 23.6 Å². The number of nitrogens with two attached hydrogens (primary N) is 4. The number of rotatable bonds is 17. The number of fused-ring (bicyclic) bond motifs is 2. The Bertz CT molecular complexity index is 2720. The molecule has 0 aliphatic carbocycles. The number of hydrogen-bond donors (Lipinski definition) is 6. The van der Waals surface area contributed by atoms with Crippen LogP contribution in [-0.2, 0) is 30.9 Å². The van der Waals surface area contributed by atoms with E-state index in [0.29, 0.717) is 78.7 Å². The third kappa shape index (κ3) is 8.63. The summed E-state index contributed by atoms with van der Waals surface area (Å²) in [5.74, 6) is -1.85. The van der Waals surface area contributed by atoms with E-state index in [0.717, 1.165) is 19.6 Å². The van der Waals surface area contributed by atoms with Crippen molar-refractivity contribution in [2.75, 3.05) is 61.6 Å². The predicted molar refractivity (Wildman–Crippen MR) is 231 cm³/mol. The number of amides is 4. The highest BCUT2D eigenvalue weighted by Crippen LogP contribution is 2.32. The van der Waals surface area contributed by atoms with Crippen LogP contribution in [0.1, 0.15) is 73.3 Å². The zero-order valence-corrected chi connectivity index (χ0v) is 35.0. The van der Waals surface area contributed by atoms with E-state index in [-0.39, 0.29) is 58.9 Å². The summed E-state index contributed by atoms with van der Waals surface area (Å²) in [5.41, 5.74) is 27.5. The molecule has 0 spiro atoms. The lowest BCUT2D eigenvalue weighted by Crippen LogP contribution is -2.37. The van der Waals surface area contributed by atoms with Crippen molar-refractivity contribution in [3.8, 4) is 5.75 Å². The van der Waals surface area contributed by atoms with Crippen LogP contribution in [0.15, 0.2) is 36.5 Å². The summed E-state index contributed by atoms with van der Waals surface area (Å²) in [5, 5.41) is 14.5. The van der Waals surface area contributed by atoms with E-state index in [1.54, 1.807) is 41.2 Å². The van der Waals surface area contributed by atoms with Gasteiger partial charge in [0.2, 0.25) is 23.7 Å². The second-order valence-corrected chi connectivity index (χ2v) is 14.6. The molecular weight excluding hydrogens is 801 g/mol. The van der Waals surface area contributed by atoms with Crippen LogP contribution >= 0.6 is 0 Å². The van der Waals surface area contributed by atoms with E-state index in [9.17, 15) is 19.2 Å². The number of aryl methyl sites for hydroxylation is 4. The number of allylic oxidation sites excluding steroid dienone is 2. The van der Waals surface area contributed by atoms with Crippen molar-refractivity contribution >= 4 is 69.1 Å². The molecule has 0 saturated carbocycles. The second kappa shape index (κ2) is 18.1. The van der Waals surface area contributed by atoms with Crippen molar-refractivity contribution in [1.29, 1.82) is 0 Å². The Morgan fingerprint density at radius 1 is 0.790 bits per heavy atom. The van der Waals surface area contributed by atoms with Gasteiger partial charge in [-0.15, -0.1) is 0 Å². The Morgan fingerprint density at radius 2 is 1.34 bits per heavy atom. The second-order valence-electron chi connectivity index (χ2n) is 14.6. The van der Waals surface area contributed by atoms with Crippen LogP contribution in [0.3, 0.4) is 0 Å². The molecule has 62 heavy (non-hydrogen) atoms. The van der Waals surface area contributed by atoms with Crippen molar-refractivity contribution in [3.63, 3.8) is 0 Å². The number of benzene rings is 1. The molecule has 1 aliphatic rings. The molecule has 1 saturated heterocycles. The minimum Gasteiger partial charge on any atom is -0.491 e. The Balaban J connectivity index is 1.24. The average molecular weight is 851 g/mol. The minimum absolute atomic E-state index is 0.123. The third-order valence-electron chi connectivity index (χ3n) is 10.5. The number of nitrogen functional groups attached to an aromatic ring is 2. The number of carbonyl (C=O) groups excluding carboxylic acids is 4. The molecule has 0 bridgehead atoms. The lowest BCUT2D eigenvalue weighted by Gasteiger charge is -2.26. The maximum absolute atomic E-state index is 13.9. The monoisotopic (exact) mass is 850 g/mol. The van der Waals surface area contributed by atoms with Crippen LogP contribution in [0.5, 0.6) is 5.75 Å². The summed E-state index contributed by atoms with van der Waals surface area (Å²) in [6.45, 7) is 12.3. The quantitative estimate of drug-likeness (QED) is 0.0566. The first kappa shape index (κ1) is 42.8. The minimum atomic E-state index is -0.689. The van der Waals surface area contributed by atoms with E-state index in [1.165, 1.54) is 21.6 Å². The molecule has 1 aliphatic heterocycles. The number of nitrogens with zero attached hydrogens (tertiary/aromatic N) is 10. The average Bonchev–Trinajstić information content (AvgIpc) is 3.96. The SMILES string of the molecule is CCn1nc(C)c(N)c1C(=O)Nc1nc2cc(C(N)=O)cnc2n1C/C=C/Cn1c(NC(=O)c2c(N)c(C)nn2CC)nc2cc(C(N)=O)cc(OCCCN3CCOCC3)c21. The highest BCUT2D eigenvalue weighted by Gasteiger charge is 2.25. The highest BCUT2D eigenvalue weighted by atomic mass is 16.5. The van der Waals surface area contributed by atoms with Gasteiger partial charge in [-0.25, -0.2) is 15.0 Å². The molecule has 0 radical (unpaired) electrons. The zero-order valence-electron chi connectivity index (χ0n) is 35.0. The van der Waals surface area contributed by atoms with Gasteiger partial charge in [0, 0.05) is 57.6 Å². The van der Waals surface area contributed by atoms with Gasteiger partial charge < -0.3 is 37.0 Å². The lowest BCUT2D eigenvalue weighted by atomic mass is 10.1. The molecule has 326 valence electrons. The molecule has 6 heterocycles. The maximum atomic E-state index is 13.9. The molecule has 22 heteroatoms. The van der Waals surface area contributed by atoms with Crippen molar-refractivity contribution in [1.82, 2.24) is 48.5 Å².